The van der Waals surface area contributed by atoms with E-state index in [1.807, 2.05) is 61.6 Å². The van der Waals surface area contributed by atoms with E-state index in [1.165, 1.54) is 6.92 Å². The number of rotatable bonds is 6. The van der Waals surface area contributed by atoms with Gasteiger partial charge in [0.2, 0.25) is 0 Å². The first kappa shape index (κ1) is 22.7. The number of anilines is 2. The first-order valence-electron chi connectivity index (χ1n) is 11.1. The largest absolute Gasteiger partial charge is 0.486 e. The number of carboxylic acids is 1. The van der Waals surface area contributed by atoms with Crippen LogP contribution in [-0.4, -0.2) is 46.3 Å². The molecular formula is C26H23ClN4O4. The van der Waals surface area contributed by atoms with Gasteiger partial charge < -0.3 is 19.9 Å². The minimum Gasteiger partial charge on any atom is -0.486 e. The van der Waals surface area contributed by atoms with Crippen molar-refractivity contribution in [2.24, 2.45) is 12.0 Å². The van der Waals surface area contributed by atoms with Crippen molar-refractivity contribution in [2.45, 2.75) is 13.0 Å². The van der Waals surface area contributed by atoms with Gasteiger partial charge in [-0.3, -0.25) is 9.67 Å². The van der Waals surface area contributed by atoms with Crippen molar-refractivity contribution >= 4 is 46.2 Å². The maximum absolute atomic E-state index is 11.0. The fourth-order valence-corrected chi connectivity index (χ4v) is 4.18. The maximum atomic E-state index is 11.0. The topological polar surface area (TPSA) is 98.0 Å². The van der Waals surface area contributed by atoms with Gasteiger partial charge in [0.05, 0.1) is 16.2 Å². The first-order valence-corrected chi connectivity index (χ1v) is 11.5. The second-order valence-corrected chi connectivity index (χ2v) is 8.57. The summed E-state index contributed by atoms with van der Waals surface area (Å²) in [5.41, 5.74) is 4.17. The van der Waals surface area contributed by atoms with Crippen LogP contribution in [0.15, 0.2) is 59.6 Å². The standard InChI is InChI=1S/C26H23ClN4O4/c1-15(26(32)33)28-14-16-6-8-19-21(12-16)31(2)30-25(19)29-20-5-3-4-18(24(20)27)17-7-9-22-23(13-17)35-11-10-34-22/h3-9,12-15H,10-11H2,1-2H3,(H,29,30)(H,32,33)/t15-/m0/s1. The van der Waals surface area contributed by atoms with Crippen LogP contribution in [0.3, 0.4) is 0 Å². The normalized spacial score (nSPS) is 13.8. The highest BCUT2D eigenvalue weighted by molar-refractivity contribution is 6.36. The van der Waals surface area contributed by atoms with Crippen LogP contribution in [0.1, 0.15) is 12.5 Å². The lowest BCUT2D eigenvalue weighted by Gasteiger charge is -2.19. The molecule has 2 heterocycles. The molecule has 35 heavy (non-hydrogen) atoms. The lowest BCUT2D eigenvalue weighted by atomic mass is 10.0. The fourth-order valence-electron chi connectivity index (χ4n) is 3.90. The summed E-state index contributed by atoms with van der Waals surface area (Å²) in [6, 6.07) is 16.5. The molecule has 5 rings (SSSR count). The number of benzene rings is 3. The van der Waals surface area contributed by atoms with Crippen LogP contribution in [0.25, 0.3) is 22.0 Å². The molecule has 0 fully saturated rings. The molecule has 0 aliphatic carbocycles. The molecule has 178 valence electrons. The van der Waals surface area contributed by atoms with Crippen LogP contribution in [0, 0.1) is 0 Å². The van der Waals surface area contributed by atoms with Crippen LogP contribution in [0.2, 0.25) is 5.02 Å². The summed E-state index contributed by atoms with van der Waals surface area (Å²) in [5, 5.41) is 18.5. The number of aryl methyl sites for hydroxylation is 1. The number of carbonyl (C=O) groups is 1. The highest BCUT2D eigenvalue weighted by Crippen LogP contribution is 2.40. The van der Waals surface area contributed by atoms with Gasteiger partial charge in [-0.15, -0.1) is 0 Å². The second-order valence-electron chi connectivity index (χ2n) is 8.19. The van der Waals surface area contributed by atoms with E-state index in [9.17, 15) is 4.79 Å². The van der Waals surface area contributed by atoms with Crippen molar-refractivity contribution in [3.05, 3.63) is 65.2 Å². The number of nitrogens with zero attached hydrogens (tertiary/aromatic N) is 3. The number of hydrogen-bond donors (Lipinski definition) is 2. The third-order valence-electron chi connectivity index (χ3n) is 5.79. The fraction of sp³-hybridized carbons (Fsp3) is 0.192. The summed E-state index contributed by atoms with van der Waals surface area (Å²) in [5.74, 6) is 1.12. The van der Waals surface area contributed by atoms with Gasteiger partial charge >= 0.3 is 5.97 Å². The molecule has 0 unspecified atom stereocenters. The van der Waals surface area contributed by atoms with Gasteiger partial charge in [-0.1, -0.05) is 35.9 Å². The summed E-state index contributed by atoms with van der Waals surface area (Å²) in [6.07, 6.45) is 1.56. The Morgan fingerprint density at radius 3 is 2.77 bits per heavy atom. The monoisotopic (exact) mass is 490 g/mol. The zero-order valence-corrected chi connectivity index (χ0v) is 19.9. The first-order chi connectivity index (χ1) is 16.9. The zero-order valence-electron chi connectivity index (χ0n) is 19.2. The molecule has 3 aromatic carbocycles. The van der Waals surface area contributed by atoms with E-state index < -0.39 is 12.0 Å². The van der Waals surface area contributed by atoms with Crippen molar-refractivity contribution in [1.29, 1.82) is 0 Å². The quantitative estimate of drug-likeness (QED) is 0.356. The van der Waals surface area contributed by atoms with E-state index in [0.29, 0.717) is 29.8 Å². The molecule has 0 saturated heterocycles. The van der Waals surface area contributed by atoms with E-state index in [0.717, 1.165) is 39.0 Å². The SMILES string of the molecule is C[C@H](N=Cc1ccc2c(Nc3cccc(-c4ccc5c(c4)OCCO5)c3Cl)nn(C)c2c1)C(=O)O. The van der Waals surface area contributed by atoms with Crippen LogP contribution in [0.4, 0.5) is 11.5 Å². The van der Waals surface area contributed by atoms with Crippen molar-refractivity contribution in [3.63, 3.8) is 0 Å². The Balaban J connectivity index is 1.45. The van der Waals surface area contributed by atoms with Crippen molar-refractivity contribution < 1.29 is 19.4 Å². The van der Waals surface area contributed by atoms with Crippen LogP contribution < -0.4 is 14.8 Å². The molecule has 1 aliphatic heterocycles. The van der Waals surface area contributed by atoms with Crippen molar-refractivity contribution in [1.82, 2.24) is 9.78 Å². The van der Waals surface area contributed by atoms with Crippen molar-refractivity contribution in [2.75, 3.05) is 18.5 Å². The van der Waals surface area contributed by atoms with Gasteiger partial charge in [0.1, 0.15) is 19.3 Å². The Bertz CT molecular complexity index is 1460. The molecule has 1 aromatic heterocycles. The summed E-state index contributed by atoms with van der Waals surface area (Å²) >= 11 is 6.82. The van der Waals surface area contributed by atoms with Gasteiger partial charge in [0.25, 0.3) is 0 Å². The van der Waals surface area contributed by atoms with Gasteiger partial charge in [-0.2, -0.15) is 5.10 Å². The molecular weight excluding hydrogens is 468 g/mol. The predicted molar refractivity (Wildman–Crippen MR) is 137 cm³/mol. The molecule has 8 nitrogen and oxygen atoms in total. The number of carboxylic acid groups (broad SMARTS) is 1. The van der Waals surface area contributed by atoms with Gasteiger partial charge in [-0.25, -0.2) is 4.79 Å². The Kier molecular flexibility index (Phi) is 6.05. The lowest BCUT2D eigenvalue weighted by Crippen LogP contribution is -2.15. The molecule has 0 bridgehead atoms. The molecule has 2 N–H and O–H groups in total. The molecule has 0 saturated carbocycles. The zero-order chi connectivity index (χ0) is 24.5. The number of aliphatic imine (C=N–C) groups is 1. The maximum Gasteiger partial charge on any atom is 0.328 e. The second kappa shape index (κ2) is 9.31. The molecule has 9 heteroatoms. The van der Waals surface area contributed by atoms with Gasteiger partial charge in [0.15, 0.2) is 17.3 Å². The number of ether oxygens (including phenoxy) is 2. The lowest BCUT2D eigenvalue weighted by molar-refractivity contribution is -0.137. The van der Waals surface area contributed by atoms with E-state index in [-0.39, 0.29) is 0 Å². The molecule has 0 spiro atoms. The highest BCUT2D eigenvalue weighted by Gasteiger charge is 2.16. The molecule has 0 amide bonds. The highest BCUT2D eigenvalue weighted by atomic mass is 35.5. The van der Waals surface area contributed by atoms with E-state index in [4.69, 9.17) is 26.2 Å². The smallest absolute Gasteiger partial charge is 0.328 e. The Labute approximate surface area is 206 Å². The van der Waals surface area contributed by atoms with E-state index in [1.54, 1.807) is 10.9 Å². The number of fused-ring (bicyclic) bond motifs is 2. The number of hydrogen-bond acceptors (Lipinski definition) is 6. The van der Waals surface area contributed by atoms with Crippen LogP contribution >= 0.6 is 11.6 Å². The third-order valence-corrected chi connectivity index (χ3v) is 6.19. The summed E-state index contributed by atoms with van der Waals surface area (Å²) in [4.78, 5) is 15.1. The number of aliphatic carboxylic acids is 1. The number of nitrogens with one attached hydrogen (secondary N) is 1. The Morgan fingerprint density at radius 2 is 1.97 bits per heavy atom. The molecule has 0 radical (unpaired) electrons. The van der Waals surface area contributed by atoms with Crippen molar-refractivity contribution in [3.8, 4) is 22.6 Å². The summed E-state index contributed by atoms with van der Waals surface area (Å²) in [7, 11) is 1.85. The average Bonchev–Trinajstić information content (AvgIpc) is 3.17. The predicted octanol–water partition coefficient (Wildman–Crippen LogP) is 5.30. The summed E-state index contributed by atoms with van der Waals surface area (Å²) < 4.78 is 13.1. The van der Waals surface area contributed by atoms with Gasteiger partial charge in [-0.05, 0) is 48.4 Å². The van der Waals surface area contributed by atoms with E-state index >= 15 is 0 Å². The molecule has 4 aromatic rings. The molecule has 1 aliphatic rings. The number of aromatic nitrogens is 2. The average molecular weight is 491 g/mol. The Morgan fingerprint density at radius 1 is 1.17 bits per heavy atom. The molecule has 1 atom stereocenters. The van der Waals surface area contributed by atoms with Gasteiger partial charge in [0, 0.05) is 24.2 Å². The number of halogens is 1. The van der Waals surface area contributed by atoms with E-state index in [2.05, 4.69) is 15.4 Å². The summed E-state index contributed by atoms with van der Waals surface area (Å²) in [6.45, 7) is 2.59. The van der Waals surface area contributed by atoms with Crippen LogP contribution in [0.5, 0.6) is 11.5 Å². The minimum absolute atomic E-state index is 0.519. The third kappa shape index (κ3) is 4.52. The Hall–Kier alpha value is -4.04. The minimum atomic E-state index is -0.968. The van der Waals surface area contributed by atoms with Crippen LogP contribution in [-0.2, 0) is 11.8 Å².